The number of terminal acetylenes is 1. The monoisotopic (exact) mass is 500 g/mol. The zero-order valence-corrected chi connectivity index (χ0v) is 24.9. The molecule has 0 spiro atoms. The van der Waals surface area contributed by atoms with Crippen LogP contribution in [0.15, 0.2) is 36.1 Å². The minimum atomic E-state index is 0.303. The van der Waals surface area contributed by atoms with Crippen molar-refractivity contribution in [3.8, 4) is 12.3 Å². The van der Waals surface area contributed by atoms with Gasteiger partial charge in [-0.2, -0.15) is 0 Å². The first-order chi connectivity index (χ1) is 17.1. The lowest BCUT2D eigenvalue weighted by atomic mass is 9.93. The van der Waals surface area contributed by atoms with Gasteiger partial charge in [-0.05, 0) is 90.3 Å². The van der Waals surface area contributed by atoms with Gasteiger partial charge in [0.25, 0.3) is 0 Å². The molecule has 0 bridgehead atoms. The summed E-state index contributed by atoms with van der Waals surface area (Å²) in [6.07, 6.45) is 20.7. The highest BCUT2D eigenvalue weighted by molar-refractivity contribution is 5.12. The van der Waals surface area contributed by atoms with Crippen molar-refractivity contribution in [2.75, 3.05) is 33.2 Å². The minimum Gasteiger partial charge on any atom is -0.385 e. The summed E-state index contributed by atoms with van der Waals surface area (Å²) in [7, 11) is 2.18. The third-order valence-corrected chi connectivity index (χ3v) is 7.31. The largest absolute Gasteiger partial charge is 0.385 e. The van der Waals surface area contributed by atoms with Gasteiger partial charge in [0.2, 0.25) is 0 Å². The predicted molar refractivity (Wildman–Crippen MR) is 162 cm³/mol. The minimum absolute atomic E-state index is 0.303. The van der Waals surface area contributed by atoms with E-state index in [1.807, 2.05) is 6.08 Å². The fourth-order valence-electron chi connectivity index (χ4n) is 4.41. The molecule has 2 unspecified atom stereocenters. The Labute approximate surface area is 225 Å². The van der Waals surface area contributed by atoms with E-state index in [0.717, 1.165) is 44.1 Å². The van der Waals surface area contributed by atoms with Crippen LogP contribution in [0.3, 0.4) is 0 Å². The van der Waals surface area contributed by atoms with Gasteiger partial charge in [-0.3, -0.25) is 0 Å². The molecule has 0 radical (unpaired) electrons. The van der Waals surface area contributed by atoms with Crippen LogP contribution >= 0.6 is 0 Å². The van der Waals surface area contributed by atoms with Crippen molar-refractivity contribution in [3.05, 3.63) is 36.1 Å². The Hall–Kier alpha value is -1.54. The number of hydrogen-bond acceptors (Lipinski definition) is 4. The van der Waals surface area contributed by atoms with Gasteiger partial charge in [0, 0.05) is 37.3 Å². The van der Waals surface area contributed by atoms with Crippen LogP contribution in [0.1, 0.15) is 92.9 Å². The summed E-state index contributed by atoms with van der Waals surface area (Å²) in [5, 5.41) is 7.58. The molecule has 4 atom stereocenters. The number of nitrogens with one attached hydrogen (secondary N) is 2. The molecule has 0 heterocycles. The normalized spacial score (nSPS) is 15.8. The van der Waals surface area contributed by atoms with Crippen LogP contribution in [0.4, 0.5) is 0 Å². The van der Waals surface area contributed by atoms with E-state index in [2.05, 4.69) is 88.8 Å². The van der Waals surface area contributed by atoms with E-state index in [1.165, 1.54) is 37.7 Å². The molecule has 0 rings (SSSR count). The maximum Gasteiger partial charge on any atom is 0.0460 e. The second-order valence-corrected chi connectivity index (χ2v) is 11.3. The van der Waals surface area contributed by atoms with Crippen molar-refractivity contribution in [2.24, 2.45) is 23.5 Å². The smallest absolute Gasteiger partial charge is 0.0460 e. The van der Waals surface area contributed by atoms with Crippen LogP contribution in [0, 0.1) is 30.1 Å². The molecule has 36 heavy (non-hydrogen) atoms. The van der Waals surface area contributed by atoms with E-state index in [9.17, 15) is 0 Å². The number of likely N-dealkylation sites (N-methyl/N-ethyl adjacent to an activating group) is 1. The van der Waals surface area contributed by atoms with E-state index in [-0.39, 0.29) is 0 Å². The summed E-state index contributed by atoms with van der Waals surface area (Å²) in [4.78, 5) is 2.35. The Morgan fingerprint density at radius 3 is 2.44 bits per heavy atom. The fraction of sp³-hybridized carbons (Fsp3) is 0.750. The van der Waals surface area contributed by atoms with Gasteiger partial charge < -0.3 is 21.3 Å². The lowest BCUT2D eigenvalue weighted by Gasteiger charge is -2.30. The molecule has 0 aliphatic heterocycles. The van der Waals surface area contributed by atoms with Crippen molar-refractivity contribution in [2.45, 2.75) is 105 Å². The molecule has 0 fully saturated rings. The van der Waals surface area contributed by atoms with Crippen LogP contribution in [0.2, 0.25) is 0 Å². The maximum atomic E-state index is 5.76. The highest BCUT2D eigenvalue weighted by Crippen LogP contribution is 2.19. The van der Waals surface area contributed by atoms with Crippen molar-refractivity contribution < 1.29 is 0 Å². The Bertz CT molecular complexity index is 658. The maximum absolute atomic E-state index is 5.76. The van der Waals surface area contributed by atoms with Gasteiger partial charge in [0.15, 0.2) is 0 Å². The quantitative estimate of drug-likeness (QED) is 0.117. The lowest BCUT2D eigenvalue weighted by Crippen LogP contribution is -2.42. The first-order valence-corrected chi connectivity index (χ1v) is 14.5. The molecule has 0 aromatic carbocycles. The first-order valence-electron chi connectivity index (χ1n) is 14.5. The summed E-state index contributed by atoms with van der Waals surface area (Å²) < 4.78 is 0. The highest BCUT2D eigenvalue weighted by atomic mass is 15.1. The number of nitrogens with zero attached hydrogens (tertiary/aromatic N) is 1. The number of rotatable bonds is 22. The SMILES string of the molecule is C#CC/C=C\C=C(/C)CCC[C@H](CCN(C)CCN)CNC(CC)C(=C)N[C@@H](C)C(C)CCC(C)C. The molecular weight excluding hydrogens is 440 g/mol. The first kappa shape index (κ1) is 34.5. The Morgan fingerprint density at radius 2 is 1.83 bits per heavy atom. The van der Waals surface area contributed by atoms with Gasteiger partial charge in [-0.25, -0.2) is 0 Å². The average molecular weight is 501 g/mol. The molecule has 4 N–H and O–H groups in total. The molecule has 4 heteroatoms. The Morgan fingerprint density at radius 1 is 1.11 bits per heavy atom. The summed E-state index contributed by atoms with van der Waals surface area (Å²) in [5.41, 5.74) is 8.31. The predicted octanol–water partition coefficient (Wildman–Crippen LogP) is 6.51. The Balaban J connectivity index is 4.87. The molecule has 0 amide bonds. The van der Waals surface area contributed by atoms with Gasteiger partial charge in [-0.1, -0.05) is 64.5 Å². The zero-order valence-electron chi connectivity index (χ0n) is 24.9. The summed E-state index contributed by atoms with van der Waals surface area (Å²) in [6.45, 7) is 22.0. The molecule has 0 aliphatic rings. The second kappa shape index (κ2) is 21.5. The number of hydrogen-bond donors (Lipinski definition) is 3. The summed E-state index contributed by atoms with van der Waals surface area (Å²) in [6, 6.07) is 0.745. The fourth-order valence-corrected chi connectivity index (χ4v) is 4.41. The molecule has 0 aromatic rings. The molecule has 0 aromatic heterocycles. The van der Waals surface area contributed by atoms with Crippen LogP contribution in [-0.2, 0) is 0 Å². The summed E-state index contributed by atoms with van der Waals surface area (Å²) >= 11 is 0. The van der Waals surface area contributed by atoms with E-state index in [1.54, 1.807) is 0 Å². The third kappa shape index (κ3) is 17.8. The van der Waals surface area contributed by atoms with E-state index in [4.69, 9.17) is 12.2 Å². The van der Waals surface area contributed by atoms with E-state index < -0.39 is 0 Å². The van der Waals surface area contributed by atoms with Crippen molar-refractivity contribution >= 4 is 0 Å². The Kier molecular flexibility index (Phi) is 20.6. The molecule has 208 valence electrons. The second-order valence-electron chi connectivity index (χ2n) is 11.3. The van der Waals surface area contributed by atoms with Crippen LogP contribution in [0.5, 0.6) is 0 Å². The third-order valence-electron chi connectivity index (χ3n) is 7.31. The van der Waals surface area contributed by atoms with Crippen LogP contribution < -0.4 is 16.4 Å². The van der Waals surface area contributed by atoms with Gasteiger partial charge in [0.05, 0.1) is 0 Å². The molecule has 4 nitrogen and oxygen atoms in total. The van der Waals surface area contributed by atoms with Crippen molar-refractivity contribution in [1.82, 2.24) is 15.5 Å². The van der Waals surface area contributed by atoms with E-state index >= 15 is 0 Å². The van der Waals surface area contributed by atoms with Crippen LogP contribution in [-0.4, -0.2) is 50.2 Å². The summed E-state index contributed by atoms with van der Waals surface area (Å²) in [5.74, 6) is 4.69. The van der Waals surface area contributed by atoms with Gasteiger partial charge in [0.1, 0.15) is 0 Å². The number of nitrogens with two attached hydrogens (primary N) is 1. The van der Waals surface area contributed by atoms with Gasteiger partial charge >= 0.3 is 0 Å². The highest BCUT2D eigenvalue weighted by Gasteiger charge is 2.18. The van der Waals surface area contributed by atoms with Crippen LogP contribution in [0.25, 0.3) is 0 Å². The molecule has 0 saturated heterocycles. The lowest BCUT2D eigenvalue weighted by molar-refractivity contribution is 0.287. The molecular formula is C32H60N4. The standard InChI is InChI=1S/C32H60N4/c1-10-12-13-14-16-27(5)17-15-18-31(21-23-36(9)24-22-33)25-34-32(11-2)30(8)35-29(7)28(6)20-19-26(3)4/h1,13-14,16,26,28-29,31-32,34-35H,8,11-12,15,17-25,33H2,2-7,9H3/b14-13-,27-16+/t28?,29-,31+,32?/m0/s1. The molecule has 0 saturated carbocycles. The zero-order chi connectivity index (χ0) is 27.3. The van der Waals surface area contributed by atoms with Crippen molar-refractivity contribution in [1.29, 1.82) is 0 Å². The van der Waals surface area contributed by atoms with Crippen molar-refractivity contribution in [3.63, 3.8) is 0 Å². The van der Waals surface area contributed by atoms with E-state index in [0.29, 0.717) is 36.9 Å². The average Bonchev–Trinajstić information content (AvgIpc) is 2.83. The topological polar surface area (TPSA) is 53.3 Å². The molecule has 0 aliphatic carbocycles. The number of allylic oxidation sites excluding steroid dienone is 4. The van der Waals surface area contributed by atoms with Gasteiger partial charge in [-0.15, -0.1) is 12.3 Å².